The second kappa shape index (κ2) is 7.53. The smallest absolute Gasteiger partial charge is 0.215 e. The Morgan fingerprint density at radius 1 is 1.42 bits per heavy atom. The minimum atomic E-state index is -3.38. The number of thioether (sulfide) groups is 1. The van der Waals surface area contributed by atoms with Crippen molar-refractivity contribution in [2.75, 3.05) is 12.8 Å². The van der Waals surface area contributed by atoms with Crippen LogP contribution >= 0.6 is 11.8 Å². The van der Waals surface area contributed by atoms with E-state index in [1.54, 1.807) is 36.0 Å². The van der Waals surface area contributed by atoms with Crippen molar-refractivity contribution in [2.24, 2.45) is 0 Å². The molecule has 1 rings (SSSR count). The summed E-state index contributed by atoms with van der Waals surface area (Å²) < 4.78 is 26.4. The van der Waals surface area contributed by atoms with Gasteiger partial charge in [-0.25, -0.2) is 13.1 Å². The fraction of sp³-hybridized carbons (Fsp3) is 0.462. The lowest BCUT2D eigenvalue weighted by molar-refractivity contribution is 0.578. The number of nitriles is 1. The molecular formula is C13H18N2O2S2. The summed E-state index contributed by atoms with van der Waals surface area (Å²) in [5.41, 5.74) is 0.945. The van der Waals surface area contributed by atoms with E-state index in [1.807, 2.05) is 12.3 Å². The van der Waals surface area contributed by atoms with E-state index >= 15 is 0 Å². The number of hydrogen-bond donors (Lipinski definition) is 1. The molecule has 104 valence electrons. The van der Waals surface area contributed by atoms with Crippen molar-refractivity contribution < 1.29 is 8.42 Å². The average molecular weight is 298 g/mol. The SMILES string of the molecule is CSC(C)CCNS(=O)(=O)Cc1ccccc1C#N. The lowest BCUT2D eigenvalue weighted by Gasteiger charge is -2.10. The zero-order chi connectivity index (χ0) is 14.3. The summed E-state index contributed by atoms with van der Waals surface area (Å²) in [5.74, 6) is -0.148. The molecule has 0 radical (unpaired) electrons. The normalized spacial score (nSPS) is 12.9. The van der Waals surface area contributed by atoms with Crippen LogP contribution in [0.4, 0.5) is 0 Å². The fourth-order valence-corrected chi connectivity index (χ4v) is 3.09. The standard InChI is InChI=1S/C13H18N2O2S2/c1-11(18-2)7-8-15-19(16,17)10-13-6-4-3-5-12(13)9-14/h3-6,11,15H,7-8,10H2,1-2H3. The third-order valence-corrected chi connectivity index (χ3v) is 5.13. The van der Waals surface area contributed by atoms with Gasteiger partial charge in [0.15, 0.2) is 0 Å². The van der Waals surface area contributed by atoms with Gasteiger partial charge in [-0.2, -0.15) is 17.0 Å². The molecule has 0 aliphatic carbocycles. The first-order valence-electron chi connectivity index (χ1n) is 5.96. The maximum Gasteiger partial charge on any atom is 0.215 e. The summed E-state index contributed by atoms with van der Waals surface area (Å²) in [4.78, 5) is 0. The molecule has 0 aromatic heterocycles. The summed E-state index contributed by atoms with van der Waals surface area (Å²) in [6, 6.07) is 8.76. The maximum atomic E-state index is 11.9. The highest BCUT2D eigenvalue weighted by molar-refractivity contribution is 7.99. The molecule has 0 saturated heterocycles. The number of rotatable bonds is 7. The van der Waals surface area contributed by atoms with Gasteiger partial charge in [-0.3, -0.25) is 0 Å². The van der Waals surface area contributed by atoms with E-state index in [0.29, 0.717) is 22.9 Å². The zero-order valence-electron chi connectivity index (χ0n) is 11.1. The third kappa shape index (κ3) is 5.64. The van der Waals surface area contributed by atoms with Crippen LogP contribution in [0, 0.1) is 11.3 Å². The Hall–Kier alpha value is -1.03. The molecule has 1 N–H and O–H groups in total. The van der Waals surface area contributed by atoms with Crippen molar-refractivity contribution in [3.63, 3.8) is 0 Å². The molecule has 0 aliphatic rings. The number of hydrogen-bond acceptors (Lipinski definition) is 4. The Balaban J connectivity index is 2.62. The third-order valence-electron chi connectivity index (χ3n) is 2.76. The van der Waals surface area contributed by atoms with Crippen molar-refractivity contribution in [3.8, 4) is 6.07 Å². The first-order chi connectivity index (χ1) is 8.98. The van der Waals surface area contributed by atoms with Gasteiger partial charge in [0.25, 0.3) is 0 Å². The summed E-state index contributed by atoms with van der Waals surface area (Å²) in [7, 11) is -3.38. The summed E-state index contributed by atoms with van der Waals surface area (Å²) in [5, 5.41) is 9.35. The molecule has 19 heavy (non-hydrogen) atoms. The lowest BCUT2D eigenvalue weighted by atomic mass is 10.1. The average Bonchev–Trinajstić information content (AvgIpc) is 2.38. The predicted octanol–water partition coefficient (Wildman–Crippen LogP) is 2.12. The Morgan fingerprint density at radius 3 is 2.74 bits per heavy atom. The molecule has 0 saturated carbocycles. The van der Waals surface area contributed by atoms with Crippen LogP contribution in [-0.4, -0.2) is 26.5 Å². The molecule has 0 heterocycles. The summed E-state index contributed by atoms with van der Waals surface area (Å²) in [6.45, 7) is 2.49. The van der Waals surface area contributed by atoms with E-state index in [0.717, 1.165) is 6.42 Å². The van der Waals surface area contributed by atoms with E-state index in [2.05, 4.69) is 11.6 Å². The van der Waals surface area contributed by atoms with E-state index in [-0.39, 0.29) is 5.75 Å². The highest BCUT2D eigenvalue weighted by atomic mass is 32.2. The lowest BCUT2D eigenvalue weighted by Crippen LogP contribution is -2.27. The largest absolute Gasteiger partial charge is 0.215 e. The van der Waals surface area contributed by atoms with Gasteiger partial charge in [0.05, 0.1) is 17.4 Å². The Kier molecular flexibility index (Phi) is 6.35. The second-order valence-corrected chi connectivity index (χ2v) is 7.34. The van der Waals surface area contributed by atoms with Crippen LogP contribution < -0.4 is 4.72 Å². The van der Waals surface area contributed by atoms with E-state index in [1.165, 1.54) is 0 Å². The first kappa shape index (κ1) is 16.0. The van der Waals surface area contributed by atoms with E-state index < -0.39 is 10.0 Å². The summed E-state index contributed by atoms with van der Waals surface area (Å²) in [6.07, 6.45) is 2.79. The van der Waals surface area contributed by atoms with Gasteiger partial charge in [0.2, 0.25) is 10.0 Å². The molecule has 1 aromatic rings. The topological polar surface area (TPSA) is 70.0 Å². The van der Waals surface area contributed by atoms with Crippen LogP contribution in [0.15, 0.2) is 24.3 Å². The van der Waals surface area contributed by atoms with Crippen molar-refractivity contribution in [2.45, 2.75) is 24.3 Å². The Bertz CT molecular complexity index is 550. The first-order valence-corrected chi connectivity index (χ1v) is 8.90. The molecule has 0 spiro atoms. The van der Waals surface area contributed by atoms with Crippen molar-refractivity contribution in [3.05, 3.63) is 35.4 Å². The molecule has 6 heteroatoms. The minimum Gasteiger partial charge on any atom is -0.215 e. The van der Waals surface area contributed by atoms with Gasteiger partial charge >= 0.3 is 0 Å². The maximum absolute atomic E-state index is 11.9. The monoisotopic (exact) mass is 298 g/mol. The highest BCUT2D eigenvalue weighted by Gasteiger charge is 2.14. The van der Waals surface area contributed by atoms with Gasteiger partial charge in [0, 0.05) is 11.8 Å². The van der Waals surface area contributed by atoms with Crippen molar-refractivity contribution in [1.29, 1.82) is 5.26 Å². The van der Waals surface area contributed by atoms with Crippen LogP contribution in [-0.2, 0) is 15.8 Å². The fourth-order valence-electron chi connectivity index (χ4n) is 1.55. The molecular weight excluding hydrogens is 280 g/mol. The quantitative estimate of drug-likeness (QED) is 0.837. The molecule has 4 nitrogen and oxygen atoms in total. The molecule has 0 fully saturated rings. The Morgan fingerprint density at radius 2 is 2.11 bits per heavy atom. The number of sulfonamides is 1. The van der Waals surface area contributed by atoms with Crippen LogP contribution in [0.2, 0.25) is 0 Å². The number of benzene rings is 1. The molecule has 0 bridgehead atoms. The van der Waals surface area contributed by atoms with E-state index in [4.69, 9.17) is 5.26 Å². The minimum absolute atomic E-state index is 0.148. The summed E-state index contributed by atoms with van der Waals surface area (Å²) >= 11 is 1.71. The molecule has 0 amide bonds. The van der Waals surface area contributed by atoms with Crippen LogP contribution in [0.5, 0.6) is 0 Å². The van der Waals surface area contributed by atoms with Crippen LogP contribution in [0.3, 0.4) is 0 Å². The van der Waals surface area contributed by atoms with Crippen molar-refractivity contribution in [1.82, 2.24) is 4.72 Å². The molecule has 0 aliphatic heterocycles. The molecule has 1 aromatic carbocycles. The Labute approximate surface area is 119 Å². The van der Waals surface area contributed by atoms with Crippen molar-refractivity contribution >= 4 is 21.8 Å². The van der Waals surface area contributed by atoms with Gasteiger partial charge in [-0.1, -0.05) is 25.1 Å². The van der Waals surface area contributed by atoms with Gasteiger partial charge in [0.1, 0.15) is 0 Å². The molecule has 1 unspecified atom stereocenters. The van der Waals surface area contributed by atoms with Gasteiger partial charge < -0.3 is 0 Å². The zero-order valence-corrected chi connectivity index (χ0v) is 12.7. The van der Waals surface area contributed by atoms with Gasteiger partial charge in [-0.15, -0.1) is 0 Å². The molecule has 1 atom stereocenters. The highest BCUT2D eigenvalue weighted by Crippen LogP contribution is 2.12. The van der Waals surface area contributed by atoms with Gasteiger partial charge in [-0.05, 0) is 24.3 Å². The van der Waals surface area contributed by atoms with Crippen LogP contribution in [0.25, 0.3) is 0 Å². The number of nitrogens with zero attached hydrogens (tertiary/aromatic N) is 1. The number of nitrogens with one attached hydrogen (secondary N) is 1. The predicted molar refractivity (Wildman–Crippen MR) is 79.4 cm³/mol. The van der Waals surface area contributed by atoms with E-state index in [9.17, 15) is 8.42 Å². The second-order valence-electron chi connectivity index (χ2n) is 4.26. The van der Waals surface area contributed by atoms with Crippen LogP contribution in [0.1, 0.15) is 24.5 Å².